The first-order valence-electron chi connectivity index (χ1n) is 6.52. The number of hydrogen-bond donors (Lipinski definition) is 2. The van der Waals surface area contributed by atoms with Gasteiger partial charge in [0.05, 0.1) is 4.92 Å². The quantitative estimate of drug-likeness (QED) is 0.502. The number of anilines is 1. The highest BCUT2D eigenvalue weighted by atomic mass is 32.2. The Kier molecular flexibility index (Phi) is 4.38. The Morgan fingerprint density at radius 3 is 2.81 bits per heavy atom. The molecule has 1 aliphatic heterocycles. The van der Waals surface area contributed by atoms with E-state index in [9.17, 15) is 14.9 Å². The molecule has 0 aliphatic carbocycles. The zero-order valence-electron chi connectivity index (χ0n) is 12.0. The number of hydrogen-bond acceptors (Lipinski definition) is 6. The van der Waals surface area contributed by atoms with Crippen LogP contribution in [0.15, 0.2) is 18.2 Å². The highest BCUT2D eigenvalue weighted by molar-refractivity contribution is 8.00. The van der Waals surface area contributed by atoms with Gasteiger partial charge in [0.1, 0.15) is 5.69 Å². The molecule has 1 saturated heterocycles. The molecule has 0 spiro atoms. The minimum Gasteiger partial charge on any atom is -0.336 e. The van der Waals surface area contributed by atoms with Crippen LogP contribution in [-0.2, 0) is 0 Å². The topological polar surface area (TPSA) is 102 Å². The average Bonchev–Trinajstić information content (AvgIpc) is 2.44. The Balaban J connectivity index is 2.27. The third-order valence-corrected chi connectivity index (χ3v) is 4.61. The van der Waals surface area contributed by atoms with Crippen molar-refractivity contribution in [2.24, 2.45) is 5.84 Å². The third kappa shape index (κ3) is 3.45. The zero-order valence-corrected chi connectivity index (χ0v) is 12.8. The predicted molar refractivity (Wildman–Crippen MR) is 83.3 cm³/mol. The van der Waals surface area contributed by atoms with Crippen molar-refractivity contribution < 1.29 is 9.72 Å². The van der Waals surface area contributed by atoms with E-state index in [4.69, 9.17) is 5.84 Å². The number of nitrogens with zero attached hydrogens (tertiary/aromatic N) is 2. The molecule has 7 nitrogen and oxygen atoms in total. The Labute approximate surface area is 127 Å². The van der Waals surface area contributed by atoms with E-state index in [-0.39, 0.29) is 22.0 Å². The molecule has 21 heavy (non-hydrogen) atoms. The first-order valence-corrected chi connectivity index (χ1v) is 7.51. The van der Waals surface area contributed by atoms with Gasteiger partial charge in [-0.15, -0.1) is 0 Å². The Morgan fingerprint density at radius 2 is 2.24 bits per heavy atom. The van der Waals surface area contributed by atoms with Gasteiger partial charge in [0.2, 0.25) is 0 Å². The second-order valence-corrected chi connectivity index (χ2v) is 7.27. The molecule has 1 aliphatic rings. The minimum atomic E-state index is -0.554. The maximum Gasteiger partial charge on any atom is 0.294 e. The lowest BCUT2D eigenvalue weighted by molar-refractivity contribution is -0.384. The Morgan fingerprint density at radius 1 is 1.52 bits per heavy atom. The summed E-state index contributed by atoms with van der Waals surface area (Å²) in [5, 5.41) is 11.0. The molecule has 114 valence electrons. The number of nitro benzene ring substituents is 1. The molecule has 8 heteroatoms. The lowest BCUT2D eigenvalue weighted by Gasteiger charge is -2.37. The molecule has 1 amide bonds. The molecule has 0 bridgehead atoms. The van der Waals surface area contributed by atoms with Crippen molar-refractivity contribution >= 4 is 29.0 Å². The number of carbonyl (C=O) groups excluding carboxylic acids is 1. The number of amides is 1. The van der Waals surface area contributed by atoms with Crippen molar-refractivity contribution in [1.82, 2.24) is 4.90 Å². The number of nitrogens with two attached hydrogens (primary N) is 1. The normalized spacial score (nSPS) is 17.4. The van der Waals surface area contributed by atoms with E-state index in [1.165, 1.54) is 12.1 Å². The highest BCUT2D eigenvalue weighted by Crippen LogP contribution is 2.31. The Bertz CT molecular complexity index is 577. The van der Waals surface area contributed by atoms with E-state index >= 15 is 0 Å². The number of thioether (sulfide) groups is 1. The smallest absolute Gasteiger partial charge is 0.294 e. The fourth-order valence-corrected chi connectivity index (χ4v) is 3.42. The summed E-state index contributed by atoms with van der Waals surface area (Å²) in [5.41, 5.74) is 2.56. The standard InChI is InChI=1S/C13H18N4O3S/c1-13(2)8-16(5-6-21-13)12(18)9-3-4-10(15-14)11(7-9)17(19)20/h3-4,7,15H,5-6,8,14H2,1-2H3. The molecule has 0 radical (unpaired) electrons. The van der Waals surface area contributed by atoms with E-state index in [1.54, 1.807) is 11.0 Å². The van der Waals surface area contributed by atoms with Gasteiger partial charge >= 0.3 is 0 Å². The van der Waals surface area contributed by atoms with Crippen LogP contribution in [0, 0.1) is 10.1 Å². The van der Waals surface area contributed by atoms with E-state index in [1.807, 2.05) is 11.8 Å². The summed E-state index contributed by atoms with van der Waals surface area (Å²) in [7, 11) is 0. The van der Waals surface area contributed by atoms with Gasteiger partial charge in [-0.2, -0.15) is 11.8 Å². The molecule has 0 saturated carbocycles. The number of nitrogen functional groups attached to an aromatic ring is 1. The number of hydrazine groups is 1. The van der Waals surface area contributed by atoms with Crippen molar-refractivity contribution in [3.05, 3.63) is 33.9 Å². The van der Waals surface area contributed by atoms with Gasteiger partial charge in [-0.1, -0.05) is 0 Å². The second-order valence-electron chi connectivity index (χ2n) is 5.47. The van der Waals surface area contributed by atoms with Gasteiger partial charge < -0.3 is 10.3 Å². The molecular weight excluding hydrogens is 292 g/mol. The number of benzene rings is 1. The molecule has 1 fully saturated rings. The largest absolute Gasteiger partial charge is 0.336 e. The van der Waals surface area contributed by atoms with Gasteiger partial charge in [0.25, 0.3) is 11.6 Å². The fourth-order valence-electron chi connectivity index (χ4n) is 2.31. The number of carbonyl (C=O) groups is 1. The highest BCUT2D eigenvalue weighted by Gasteiger charge is 2.30. The lowest BCUT2D eigenvalue weighted by Crippen LogP contribution is -2.46. The van der Waals surface area contributed by atoms with Crippen molar-refractivity contribution in [1.29, 1.82) is 0 Å². The van der Waals surface area contributed by atoms with Crippen LogP contribution in [0.4, 0.5) is 11.4 Å². The lowest BCUT2D eigenvalue weighted by atomic mass is 10.1. The van der Waals surface area contributed by atoms with Crippen molar-refractivity contribution in [2.75, 3.05) is 24.3 Å². The summed E-state index contributed by atoms with van der Waals surface area (Å²) in [6, 6.07) is 4.28. The third-order valence-electron chi connectivity index (χ3n) is 3.31. The van der Waals surface area contributed by atoms with Crippen molar-refractivity contribution in [2.45, 2.75) is 18.6 Å². The zero-order chi connectivity index (χ0) is 15.6. The number of nitro groups is 1. The molecule has 1 aromatic rings. The fraction of sp³-hybridized carbons (Fsp3) is 0.462. The number of nitrogens with one attached hydrogen (secondary N) is 1. The summed E-state index contributed by atoms with van der Waals surface area (Å²) in [6.45, 7) is 5.45. The molecule has 1 aromatic carbocycles. The second kappa shape index (κ2) is 5.90. The monoisotopic (exact) mass is 310 g/mol. The molecule has 0 unspecified atom stereocenters. The first kappa shape index (κ1) is 15.6. The van der Waals surface area contributed by atoms with Crippen LogP contribution >= 0.6 is 11.8 Å². The predicted octanol–water partition coefficient (Wildman–Crippen LogP) is 1.85. The van der Waals surface area contributed by atoms with Gasteiger partial charge in [0.15, 0.2) is 0 Å². The Hall–Kier alpha value is -1.80. The van der Waals surface area contributed by atoms with Crippen LogP contribution in [-0.4, -0.2) is 39.3 Å². The average molecular weight is 310 g/mol. The molecule has 2 rings (SSSR count). The maximum absolute atomic E-state index is 12.5. The number of rotatable bonds is 3. The van der Waals surface area contributed by atoms with Crippen LogP contribution < -0.4 is 11.3 Å². The summed E-state index contributed by atoms with van der Waals surface area (Å²) in [5.74, 6) is 5.92. The summed E-state index contributed by atoms with van der Waals surface area (Å²) >= 11 is 1.82. The van der Waals surface area contributed by atoms with Gasteiger partial charge in [0, 0.05) is 35.2 Å². The van der Waals surface area contributed by atoms with E-state index in [2.05, 4.69) is 19.3 Å². The molecule has 0 atom stereocenters. The van der Waals surface area contributed by atoms with Crippen LogP contribution in [0.1, 0.15) is 24.2 Å². The van der Waals surface area contributed by atoms with Crippen molar-refractivity contribution in [3.8, 4) is 0 Å². The van der Waals surface area contributed by atoms with Crippen LogP contribution in [0.5, 0.6) is 0 Å². The molecule has 0 aromatic heterocycles. The molecule has 3 N–H and O–H groups in total. The maximum atomic E-state index is 12.5. The summed E-state index contributed by atoms with van der Waals surface area (Å²) < 4.78 is -0.00139. The van der Waals surface area contributed by atoms with E-state index in [0.29, 0.717) is 18.7 Å². The van der Waals surface area contributed by atoms with Crippen LogP contribution in [0.25, 0.3) is 0 Å². The SMILES string of the molecule is CC1(C)CN(C(=O)c2ccc(NN)c([N+](=O)[O-])c2)CCS1. The van der Waals surface area contributed by atoms with Crippen LogP contribution in [0.3, 0.4) is 0 Å². The van der Waals surface area contributed by atoms with Crippen molar-refractivity contribution in [3.63, 3.8) is 0 Å². The first-order chi connectivity index (χ1) is 9.84. The summed E-state index contributed by atoms with van der Waals surface area (Å²) in [4.78, 5) is 24.7. The van der Waals surface area contributed by atoms with E-state index < -0.39 is 4.92 Å². The molecular formula is C13H18N4O3S. The minimum absolute atomic E-state index is 0.00139. The summed E-state index contributed by atoms with van der Waals surface area (Å²) in [6.07, 6.45) is 0. The van der Waals surface area contributed by atoms with Crippen LogP contribution in [0.2, 0.25) is 0 Å². The van der Waals surface area contributed by atoms with Gasteiger partial charge in [-0.25, -0.2) is 0 Å². The van der Waals surface area contributed by atoms with Gasteiger partial charge in [-0.05, 0) is 26.0 Å². The van der Waals surface area contributed by atoms with E-state index in [0.717, 1.165) is 5.75 Å². The molecule has 1 heterocycles. The van der Waals surface area contributed by atoms with Gasteiger partial charge in [-0.3, -0.25) is 20.8 Å².